The quantitative estimate of drug-likeness (QED) is 0.610. The van der Waals surface area contributed by atoms with Crippen LogP contribution in [0.4, 0.5) is 0 Å². The highest BCUT2D eigenvalue weighted by molar-refractivity contribution is 6.06. The number of rotatable bonds is 7. The van der Waals surface area contributed by atoms with E-state index in [1.165, 1.54) is 17.2 Å². The highest BCUT2D eigenvalue weighted by Crippen LogP contribution is 2.19. The normalized spacial score (nSPS) is 13.2. The van der Waals surface area contributed by atoms with Crippen molar-refractivity contribution in [2.24, 2.45) is 11.7 Å². The molecule has 0 radical (unpaired) electrons. The fourth-order valence-electron chi connectivity index (χ4n) is 2.32. The van der Waals surface area contributed by atoms with Crippen LogP contribution < -0.4 is 5.73 Å². The van der Waals surface area contributed by atoms with Crippen LogP contribution in [0.3, 0.4) is 0 Å². The molecule has 0 aliphatic rings. The summed E-state index contributed by atoms with van der Waals surface area (Å²) in [7, 11) is 0. The number of carbonyl (C=O) groups is 1. The molecule has 0 amide bonds. The molecule has 2 rings (SSSR count). The van der Waals surface area contributed by atoms with Crippen molar-refractivity contribution in [2.45, 2.75) is 32.4 Å². The average Bonchev–Trinajstić information content (AvgIpc) is 2.91. The Balaban J connectivity index is 2.42. The molecule has 8 heteroatoms. The molecule has 0 aliphatic carbocycles. The number of aliphatic hydroxyl groups excluding tert-OH is 2. The van der Waals surface area contributed by atoms with Gasteiger partial charge in [-0.15, -0.1) is 0 Å². The van der Waals surface area contributed by atoms with Crippen LogP contribution in [-0.4, -0.2) is 54.8 Å². The van der Waals surface area contributed by atoms with Gasteiger partial charge in [0, 0.05) is 0 Å². The van der Waals surface area contributed by atoms with Crippen LogP contribution in [-0.2, 0) is 0 Å². The number of nitrogens with two attached hydrogens (primary N) is 1. The maximum absolute atomic E-state index is 12.4. The molecule has 2 aromatic rings. The topological polar surface area (TPSA) is 127 Å². The molecule has 0 saturated carbocycles. The van der Waals surface area contributed by atoms with Crippen LogP contribution >= 0.6 is 0 Å². The van der Waals surface area contributed by atoms with Gasteiger partial charge in [-0.25, -0.2) is 15.0 Å². The summed E-state index contributed by atoms with van der Waals surface area (Å²) in [5.74, 6) is 0.0119. The van der Waals surface area contributed by atoms with E-state index in [1.54, 1.807) is 0 Å². The Morgan fingerprint density at radius 2 is 1.95 bits per heavy atom. The van der Waals surface area contributed by atoms with Crippen LogP contribution in [0.25, 0.3) is 11.2 Å². The van der Waals surface area contributed by atoms with Gasteiger partial charge in [-0.1, -0.05) is 13.8 Å². The molecule has 8 nitrogen and oxygen atoms in total. The van der Waals surface area contributed by atoms with E-state index in [4.69, 9.17) is 5.73 Å². The molecular weight excluding hydrogens is 286 g/mol. The number of nitrogens with zero attached hydrogens (tertiary/aromatic N) is 4. The van der Waals surface area contributed by atoms with E-state index < -0.39 is 12.1 Å². The van der Waals surface area contributed by atoms with Gasteiger partial charge >= 0.3 is 0 Å². The smallest absolute Gasteiger partial charge is 0.200 e. The van der Waals surface area contributed by atoms with Gasteiger partial charge in [0.05, 0.1) is 31.6 Å². The number of aromatic nitrogens is 4. The number of Topliss-reactive ketones (excluding diaryl/α,β-unsaturated/α-hetero) is 1. The molecule has 1 unspecified atom stereocenters. The lowest BCUT2D eigenvalue weighted by Gasteiger charge is -2.14. The van der Waals surface area contributed by atoms with Gasteiger partial charge in [0.25, 0.3) is 0 Å². The minimum Gasteiger partial charge on any atom is -0.394 e. The summed E-state index contributed by atoms with van der Waals surface area (Å²) < 4.78 is 1.53. The third kappa shape index (κ3) is 3.13. The van der Waals surface area contributed by atoms with Crippen molar-refractivity contribution in [3.63, 3.8) is 0 Å². The van der Waals surface area contributed by atoms with E-state index in [-0.39, 0.29) is 24.7 Å². The Labute approximate surface area is 128 Å². The summed E-state index contributed by atoms with van der Waals surface area (Å²) in [6.45, 7) is 3.46. The Bertz CT molecular complexity index is 651. The number of fused-ring (bicyclic) bond motifs is 1. The molecule has 2 aromatic heterocycles. The van der Waals surface area contributed by atoms with Gasteiger partial charge in [-0.2, -0.15) is 0 Å². The van der Waals surface area contributed by atoms with Crippen LogP contribution in [0.5, 0.6) is 0 Å². The number of imidazole rings is 1. The van der Waals surface area contributed by atoms with Crippen molar-refractivity contribution in [3.8, 4) is 0 Å². The fourth-order valence-corrected chi connectivity index (χ4v) is 2.32. The first-order valence-corrected chi connectivity index (χ1v) is 7.18. The lowest BCUT2D eigenvalue weighted by atomic mass is 9.99. The van der Waals surface area contributed by atoms with Crippen molar-refractivity contribution < 1.29 is 15.0 Å². The van der Waals surface area contributed by atoms with Crippen molar-refractivity contribution in [1.82, 2.24) is 19.5 Å². The lowest BCUT2D eigenvalue weighted by Crippen LogP contribution is -2.32. The monoisotopic (exact) mass is 307 g/mol. The largest absolute Gasteiger partial charge is 0.394 e. The second-order valence-corrected chi connectivity index (χ2v) is 5.67. The first kappa shape index (κ1) is 16.5. The molecule has 1 atom stereocenters. The van der Waals surface area contributed by atoms with E-state index in [9.17, 15) is 15.0 Å². The number of ketones is 1. The number of aliphatic hydroxyl groups is 2. The molecule has 120 valence electrons. The van der Waals surface area contributed by atoms with E-state index in [0.717, 1.165) is 0 Å². The molecule has 0 bridgehead atoms. The SMILES string of the molecule is CC(C)CC(N)C(=O)c1ncnc2c1ncn2C(CO)CO. The summed E-state index contributed by atoms with van der Waals surface area (Å²) in [5.41, 5.74) is 6.83. The average molecular weight is 307 g/mol. The van der Waals surface area contributed by atoms with Crippen molar-refractivity contribution in [3.05, 3.63) is 18.3 Å². The van der Waals surface area contributed by atoms with Crippen LogP contribution in [0.15, 0.2) is 12.7 Å². The minimum atomic E-state index is -0.644. The van der Waals surface area contributed by atoms with E-state index >= 15 is 0 Å². The number of hydrogen-bond acceptors (Lipinski definition) is 7. The van der Waals surface area contributed by atoms with Crippen LogP contribution in [0.1, 0.15) is 36.8 Å². The van der Waals surface area contributed by atoms with Gasteiger partial charge in [0.2, 0.25) is 0 Å². The lowest BCUT2D eigenvalue weighted by molar-refractivity contribution is 0.0947. The summed E-state index contributed by atoms with van der Waals surface area (Å²) in [5, 5.41) is 18.6. The van der Waals surface area contributed by atoms with Gasteiger partial charge in [0.1, 0.15) is 17.5 Å². The second kappa shape index (κ2) is 6.91. The second-order valence-electron chi connectivity index (χ2n) is 5.67. The first-order valence-electron chi connectivity index (χ1n) is 7.18. The molecule has 0 fully saturated rings. The van der Waals surface area contributed by atoms with Crippen molar-refractivity contribution in [2.75, 3.05) is 13.2 Å². The van der Waals surface area contributed by atoms with E-state index in [2.05, 4.69) is 15.0 Å². The highest BCUT2D eigenvalue weighted by Gasteiger charge is 2.24. The zero-order valence-corrected chi connectivity index (χ0v) is 12.7. The summed E-state index contributed by atoms with van der Waals surface area (Å²) in [4.78, 5) is 24.7. The molecule has 2 heterocycles. The molecule has 22 heavy (non-hydrogen) atoms. The van der Waals surface area contributed by atoms with Gasteiger partial charge < -0.3 is 20.5 Å². The number of hydrogen-bond donors (Lipinski definition) is 3. The Kier molecular flexibility index (Phi) is 5.17. The molecular formula is C14H21N5O3. The third-order valence-corrected chi connectivity index (χ3v) is 3.47. The minimum absolute atomic E-state index is 0.173. The fraction of sp³-hybridized carbons (Fsp3) is 0.571. The van der Waals surface area contributed by atoms with Gasteiger partial charge in [-0.3, -0.25) is 4.79 Å². The molecule has 0 aromatic carbocycles. The molecule has 0 spiro atoms. The van der Waals surface area contributed by atoms with Gasteiger partial charge in [-0.05, 0) is 12.3 Å². The summed E-state index contributed by atoms with van der Waals surface area (Å²) >= 11 is 0. The van der Waals surface area contributed by atoms with E-state index in [1.807, 2.05) is 13.8 Å². The molecule has 0 saturated heterocycles. The predicted octanol–water partition coefficient (Wildman–Crippen LogP) is -0.0919. The Hall–Kier alpha value is -1.90. The molecule has 4 N–H and O–H groups in total. The zero-order chi connectivity index (χ0) is 16.3. The Morgan fingerprint density at radius 3 is 2.55 bits per heavy atom. The summed E-state index contributed by atoms with van der Waals surface area (Å²) in [6.07, 6.45) is 3.25. The predicted molar refractivity (Wildman–Crippen MR) is 80.3 cm³/mol. The third-order valence-electron chi connectivity index (χ3n) is 3.47. The standard InChI is InChI=1S/C14H21N5O3/c1-8(2)3-10(15)13(22)11-12-14(17-6-16-11)19(7-18-12)9(4-20)5-21/h6-10,20-21H,3-5,15H2,1-2H3. The van der Waals surface area contributed by atoms with Crippen molar-refractivity contribution in [1.29, 1.82) is 0 Å². The summed E-state index contributed by atoms with van der Waals surface area (Å²) in [6, 6.07) is -1.21. The zero-order valence-electron chi connectivity index (χ0n) is 12.7. The Morgan fingerprint density at radius 1 is 1.27 bits per heavy atom. The van der Waals surface area contributed by atoms with Gasteiger partial charge in [0.15, 0.2) is 11.4 Å². The molecule has 0 aliphatic heterocycles. The van der Waals surface area contributed by atoms with E-state index in [0.29, 0.717) is 23.5 Å². The van der Waals surface area contributed by atoms with Crippen LogP contribution in [0.2, 0.25) is 0 Å². The highest BCUT2D eigenvalue weighted by atomic mass is 16.3. The maximum Gasteiger partial charge on any atom is 0.200 e. The number of carbonyl (C=O) groups excluding carboxylic acids is 1. The maximum atomic E-state index is 12.4. The van der Waals surface area contributed by atoms with Crippen LogP contribution in [0, 0.1) is 5.92 Å². The first-order chi connectivity index (χ1) is 10.5. The van der Waals surface area contributed by atoms with Crippen molar-refractivity contribution >= 4 is 16.9 Å².